The van der Waals surface area contributed by atoms with Crippen LogP contribution in [0.5, 0.6) is 0 Å². The summed E-state index contributed by atoms with van der Waals surface area (Å²) in [5, 5.41) is 0. The Hall–Kier alpha value is -1.45. The number of carbonyl (C=O) groups excluding carboxylic acids is 1. The van der Waals surface area contributed by atoms with E-state index in [0.717, 1.165) is 12.8 Å². The number of fused-ring (bicyclic) bond motifs is 2. The lowest BCUT2D eigenvalue weighted by Gasteiger charge is -2.31. The first kappa shape index (κ1) is 9.75. The molecule has 3 rings (SSSR count). The number of carbonyl (C=O) groups is 1. The maximum absolute atomic E-state index is 11.6. The summed E-state index contributed by atoms with van der Waals surface area (Å²) in [5.74, 6) is -0.0247. The summed E-state index contributed by atoms with van der Waals surface area (Å²) in [7, 11) is 0. The molecule has 0 unspecified atom stereocenters. The molecule has 4 nitrogen and oxygen atoms in total. The lowest BCUT2D eigenvalue weighted by molar-refractivity contribution is -0.145. The molecule has 0 saturated heterocycles. The lowest BCUT2D eigenvalue weighted by atomic mass is 9.92. The average Bonchev–Trinajstić information content (AvgIpc) is 2.86. The Morgan fingerprint density at radius 3 is 3.12 bits per heavy atom. The fourth-order valence-electron chi connectivity index (χ4n) is 2.36. The van der Waals surface area contributed by atoms with E-state index in [1.807, 2.05) is 12.2 Å². The van der Waals surface area contributed by atoms with Gasteiger partial charge in [0.05, 0.1) is 12.9 Å². The molecule has 1 fully saturated rings. The summed E-state index contributed by atoms with van der Waals surface area (Å²) in [5.41, 5.74) is 0.00844. The maximum atomic E-state index is 11.6. The van der Waals surface area contributed by atoms with E-state index in [0.29, 0.717) is 12.4 Å². The quantitative estimate of drug-likeness (QED) is 0.664. The summed E-state index contributed by atoms with van der Waals surface area (Å²) < 4.78 is 16.0. The van der Waals surface area contributed by atoms with Gasteiger partial charge in [0.1, 0.15) is 6.10 Å². The zero-order chi connectivity index (χ0) is 11.2. The van der Waals surface area contributed by atoms with Gasteiger partial charge in [0.15, 0.2) is 6.10 Å². The summed E-state index contributed by atoms with van der Waals surface area (Å²) >= 11 is 0. The van der Waals surface area contributed by atoms with E-state index in [-0.39, 0.29) is 23.6 Å². The van der Waals surface area contributed by atoms with Crippen LogP contribution < -0.4 is 0 Å². The highest BCUT2D eigenvalue weighted by Crippen LogP contribution is 2.56. The van der Waals surface area contributed by atoms with Gasteiger partial charge in [-0.25, -0.2) is 4.79 Å². The fraction of sp³-hybridized carbons (Fsp3) is 0.583. The van der Waals surface area contributed by atoms with Crippen LogP contribution in [0.1, 0.15) is 19.8 Å². The number of ether oxygens (including phenoxy) is 3. The smallest absolute Gasteiger partial charge is 0.373 e. The SMILES string of the molecule is CCOC(=O)C1=CC2(CC2)[C@H]2OC=C[C@H]2O1. The topological polar surface area (TPSA) is 44.8 Å². The van der Waals surface area contributed by atoms with Crippen LogP contribution in [0.2, 0.25) is 0 Å². The van der Waals surface area contributed by atoms with Crippen molar-refractivity contribution in [2.24, 2.45) is 5.41 Å². The molecule has 1 spiro atoms. The second-order valence-electron chi connectivity index (χ2n) is 4.43. The molecule has 0 bridgehead atoms. The van der Waals surface area contributed by atoms with Crippen molar-refractivity contribution < 1.29 is 19.0 Å². The van der Waals surface area contributed by atoms with Crippen molar-refractivity contribution in [2.75, 3.05) is 6.61 Å². The van der Waals surface area contributed by atoms with Crippen molar-refractivity contribution in [1.29, 1.82) is 0 Å². The van der Waals surface area contributed by atoms with Crippen LogP contribution in [-0.2, 0) is 19.0 Å². The maximum Gasteiger partial charge on any atom is 0.373 e. The van der Waals surface area contributed by atoms with Crippen LogP contribution in [0.25, 0.3) is 0 Å². The summed E-state index contributed by atoms with van der Waals surface area (Å²) in [6.45, 7) is 2.16. The molecule has 0 N–H and O–H groups in total. The third-order valence-corrected chi connectivity index (χ3v) is 3.34. The van der Waals surface area contributed by atoms with Crippen molar-refractivity contribution in [3.63, 3.8) is 0 Å². The molecule has 1 saturated carbocycles. The van der Waals surface area contributed by atoms with E-state index in [2.05, 4.69) is 0 Å². The normalized spacial score (nSPS) is 32.4. The van der Waals surface area contributed by atoms with Crippen molar-refractivity contribution in [3.05, 3.63) is 24.2 Å². The highest BCUT2D eigenvalue weighted by atomic mass is 16.6. The Labute approximate surface area is 93.9 Å². The van der Waals surface area contributed by atoms with E-state index in [1.165, 1.54) is 0 Å². The fourth-order valence-corrected chi connectivity index (χ4v) is 2.36. The minimum absolute atomic E-state index is 0.00844. The molecule has 1 aliphatic carbocycles. The second kappa shape index (κ2) is 3.27. The predicted molar refractivity (Wildman–Crippen MR) is 55.3 cm³/mol. The van der Waals surface area contributed by atoms with Gasteiger partial charge in [-0.1, -0.05) is 0 Å². The first-order valence-corrected chi connectivity index (χ1v) is 5.64. The number of rotatable bonds is 2. The van der Waals surface area contributed by atoms with Crippen LogP contribution in [-0.4, -0.2) is 24.8 Å². The Kier molecular flexibility index (Phi) is 1.99. The number of hydrogen-bond acceptors (Lipinski definition) is 4. The Morgan fingerprint density at radius 2 is 2.44 bits per heavy atom. The highest BCUT2D eigenvalue weighted by molar-refractivity contribution is 5.86. The van der Waals surface area contributed by atoms with E-state index < -0.39 is 0 Å². The largest absolute Gasteiger partial charge is 0.493 e. The van der Waals surface area contributed by atoms with E-state index in [4.69, 9.17) is 14.2 Å². The van der Waals surface area contributed by atoms with Crippen LogP contribution >= 0.6 is 0 Å². The molecule has 0 aromatic heterocycles. The van der Waals surface area contributed by atoms with Gasteiger partial charge in [-0.2, -0.15) is 0 Å². The zero-order valence-electron chi connectivity index (χ0n) is 9.14. The number of hydrogen-bond donors (Lipinski definition) is 0. The second-order valence-corrected chi connectivity index (χ2v) is 4.43. The summed E-state index contributed by atoms with van der Waals surface area (Å²) in [6, 6.07) is 0. The first-order chi connectivity index (χ1) is 7.75. The standard InChI is InChI=1S/C12H14O4/c1-2-14-11(13)9-7-12(4-5-12)10-8(16-9)3-6-15-10/h3,6-8,10H,2,4-5H2,1H3/t8-,10+/m1/s1. The lowest BCUT2D eigenvalue weighted by Crippen LogP contribution is -2.38. The zero-order valence-corrected chi connectivity index (χ0v) is 9.14. The first-order valence-electron chi connectivity index (χ1n) is 5.64. The summed E-state index contributed by atoms with van der Waals surface area (Å²) in [4.78, 5) is 11.6. The molecule has 0 aromatic carbocycles. The van der Waals surface area contributed by atoms with Gasteiger partial charge in [0.25, 0.3) is 0 Å². The Balaban J connectivity index is 1.85. The molecule has 0 aromatic rings. The van der Waals surface area contributed by atoms with Gasteiger partial charge in [0.2, 0.25) is 5.76 Å². The van der Waals surface area contributed by atoms with E-state index in [1.54, 1.807) is 13.2 Å². The molecule has 86 valence electrons. The van der Waals surface area contributed by atoms with Gasteiger partial charge < -0.3 is 14.2 Å². The van der Waals surface area contributed by atoms with Crippen molar-refractivity contribution in [2.45, 2.75) is 32.0 Å². The van der Waals surface area contributed by atoms with Crippen LogP contribution in [0.4, 0.5) is 0 Å². The van der Waals surface area contributed by atoms with Crippen molar-refractivity contribution in [3.8, 4) is 0 Å². The van der Waals surface area contributed by atoms with Gasteiger partial charge in [0, 0.05) is 5.41 Å². The molecule has 2 heterocycles. The molecular formula is C12H14O4. The third-order valence-electron chi connectivity index (χ3n) is 3.34. The number of esters is 1. The third kappa shape index (κ3) is 1.32. The molecule has 2 aliphatic heterocycles. The van der Waals surface area contributed by atoms with Gasteiger partial charge in [-0.3, -0.25) is 0 Å². The van der Waals surface area contributed by atoms with Gasteiger partial charge in [-0.15, -0.1) is 0 Å². The van der Waals surface area contributed by atoms with E-state index >= 15 is 0 Å². The molecule has 2 atom stereocenters. The summed E-state index contributed by atoms with van der Waals surface area (Å²) in [6.07, 6.45) is 7.44. The minimum Gasteiger partial charge on any atom is -0.493 e. The Morgan fingerprint density at radius 1 is 1.62 bits per heavy atom. The monoisotopic (exact) mass is 222 g/mol. The molecule has 0 radical (unpaired) electrons. The predicted octanol–water partition coefficient (Wildman–Crippen LogP) is 1.52. The molecule has 3 aliphatic rings. The molecular weight excluding hydrogens is 208 g/mol. The van der Waals surface area contributed by atoms with Crippen LogP contribution in [0, 0.1) is 5.41 Å². The highest BCUT2D eigenvalue weighted by Gasteiger charge is 2.57. The van der Waals surface area contributed by atoms with Gasteiger partial charge in [-0.05, 0) is 31.9 Å². The van der Waals surface area contributed by atoms with Crippen molar-refractivity contribution in [1.82, 2.24) is 0 Å². The average molecular weight is 222 g/mol. The van der Waals surface area contributed by atoms with Gasteiger partial charge >= 0.3 is 5.97 Å². The van der Waals surface area contributed by atoms with Crippen molar-refractivity contribution >= 4 is 5.97 Å². The van der Waals surface area contributed by atoms with E-state index in [9.17, 15) is 4.79 Å². The van der Waals surface area contributed by atoms with Crippen LogP contribution in [0.3, 0.4) is 0 Å². The van der Waals surface area contributed by atoms with Crippen LogP contribution in [0.15, 0.2) is 24.2 Å². The molecule has 0 amide bonds. The molecule has 16 heavy (non-hydrogen) atoms. The molecule has 4 heteroatoms. The Bertz CT molecular complexity index is 378. The minimum atomic E-state index is -0.368.